The maximum Gasteiger partial charge on any atom is 0.259 e. The van der Waals surface area contributed by atoms with Gasteiger partial charge in [0.1, 0.15) is 6.54 Å². The molecule has 1 fully saturated rings. The van der Waals surface area contributed by atoms with E-state index in [4.69, 9.17) is 0 Å². The number of aromatic nitrogens is 2. The molecule has 1 saturated heterocycles. The fourth-order valence-corrected chi connectivity index (χ4v) is 6.42. The molecule has 0 radical (unpaired) electrons. The Hall–Kier alpha value is -4.26. The van der Waals surface area contributed by atoms with Gasteiger partial charge in [-0.2, -0.15) is 0 Å². The minimum atomic E-state index is -0.267. The van der Waals surface area contributed by atoms with Gasteiger partial charge in [-0.1, -0.05) is 48.5 Å². The van der Waals surface area contributed by atoms with Gasteiger partial charge in [0.2, 0.25) is 5.91 Å². The van der Waals surface area contributed by atoms with E-state index in [0.29, 0.717) is 52.8 Å². The largest absolute Gasteiger partial charge is 0.340 e. The number of carbonyl (C=O) groups excluding carboxylic acids is 2. The summed E-state index contributed by atoms with van der Waals surface area (Å²) in [5.74, 6) is 0.0266. The summed E-state index contributed by atoms with van der Waals surface area (Å²) in [5, 5.41) is 1.06. The second-order valence-electron chi connectivity index (χ2n) is 10.0. The Balaban J connectivity index is 1.31. The molecule has 36 heavy (non-hydrogen) atoms. The molecule has 3 aliphatic rings. The average Bonchev–Trinajstić information content (AvgIpc) is 3.19. The lowest BCUT2D eigenvalue weighted by Gasteiger charge is -2.42. The van der Waals surface area contributed by atoms with Crippen molar-refractivity contribution < 1.29 is 9.59 Å². The second-order valence-corrected chi connectivity index (χ2v) is 10.0. The van der Waals surface area contributed by atoms with E-state index in [2.05, 4.69) is 0 Å². The Morgan fingerprint density at radius 3 is 2.39 bits per heavy atom. The highest BCUT2D eigenvalue weighted by Crippen LogP contribution is 2.39. The molecular formula is C29H23N3O4. The number of rotatable bonds is 2. The van der Waals surface area contributed by atoms with Gasteiger partial charge < -0.3 is 9.47 Å². The van der Waals surface area contributed by atoms with Gasteiger partial charge in [-0.3, -0.25) is 23.7 Å². The summed E-state index contributed by atoms with van der Waals surface area (Å²) in [4.78, 5) is 54.9. The SMILES string of the molecule is O=C1c2ccccc2-c2c1c1ccccc1c(=O)n2CC(=O)N1C[C@H]2C[C@@H](C1)c1cccc(=O)n1C2. The molecule has 2 atom stereocenters. The summed E-state index contributed by atoms with van der Waals surface area (Å²) >= 11 is 0. The first-order chi connectivity index (χ1) is 17.5. The molecule has 2 aliphatic heterocycles. The van der Waals surface area contributed by atoms with Gasteiger partial charge in [-0.25, -0.2) is 0 Å². The number of likely N-dealkylation sites (tertiary alicyclic amines) is 1. The lowest BCUT2D eigenvalue weighted by atomic mass is 9.83. The number of carbonyl (C=O) groups is 2. The lowest BCUT2D eigenvalue weighted by Crippen LogP contribution is -2.50. The predicted octanol–water partition coefficient (Wildman–Crippen LogP) is 3.02. The van der Waals surface area contributed by atoms with Gasteiger partial charge in [0.15, 0.2) is 5.78 Å². The number of fused-ring (bicyclic) bond motifs is 9. The summed E-state index contributed by atoms with van der Waals surface area (Å²) in [6, 6.07) is 19.7. The van der Waals surface area contributed by atoms with Crippen LogP contribution in [-0.4, -0.2) is 38.8 Å². The molecule has 0 saturated carbocycles. The summed E-state index contributed by atoms with van der Waals surface area (Å²) in [5.41, 5.74) is 2.97. The molecule has 4 heterocycles. The first-order valence-electron chi connectivity index (χ1n) is 12.3. The molecule has 7 rings (SSSR count). The monoisotopic (exact) mass is 477 g/mol. The zero-order valence-corrected chi connectivity index (χ0v) is 19.5. The molecule has 7 heteroatoms. The minimum Gasteiger partial charge on any atom is -0.340 e. The maximum atomic E-state index is 13.7. The molecule has 1 aliphatic carbocycles. The average molecular weight is 478 g/mol. The Morgan fingerprint density at radius 1 is 0.806 bits per heavy atom. The molecule has 2 bridgehead atoms. The third kappa shape index (κ3) is 2.92. The second kappa shape index (κ2) is 7.62. The molecule has 1 amide bonds. The molecule has 0 unspecified atom stereocenters. The molecule has 0 N–H and O–H groups in total. The molecule has 178 valence electrons. The van der Waals surface area contributed by atoms with Gasteiger partial charge in [0.05, 0.1) is 11.3 Å². The number of piperidine rings is 1. The first kappa shape index (κ1) is 21.1. The maximum absolute atomic E-state index is 13.7. The summed E-state index contributed by atoms with van der Waals surface area (Å²) < 4.78 is 3.33. The number of nitrogens with zero attached hydrogens (tertiary/aromatic N) is 3. The number of benzene rings is 2. The van der Waals surface area contributed by atoms with Crippen LogP contribution in [0.4, 0.5) is 0 Å². The van der Waals surface area contributed by atoms with Crippen LogP contribution in [-0.2, 0) is 17.9 Å². The van der Waals surface area contributed by atoms with Crippen LogP contribution in [0, 0.1) is 5.92 Å². The van der Waals surface area contributed by atoms with Crippen LogP contribution in [0.1, 0.15) is 34.0 Å². The van der Waals surface area contributed by atoms with Crippen LogP contribution in [0.25, 0.3) is 22.0 Å². The van der Waals surface area contributed by atoms with Crippen LogP contribution in [0.2, 0.25) is 0 Å². The zero-order chi connectivity index (χ0) is 24.6. The van der Waals surface area contributed by atoms with Gasteiger partial charge in [-0.15, -0.1) is 0 Å². The predicted molar refractivity (Wildman–Crippen MR) is 135 cm³/mol. The Morgan fingerprint density at radius 2 is 1.56 bits per heavy atom. The molecule has 2 aromatic heterocycles. The van der Waals surface area contributed by atoms with Gasteiger partial charge in [0, 0.05) is 59.2 Å². The number of hydrogen-bond acceptors (Lipinski definition) is 4. The lowest BCUT2D eigenvalue weighted by molar-refractivity contribution is -0.134. The van der Waals surface area contributed by atoms with E-state index in [0.717, 1.165) is 12.1 Å². The van der Waals surface area contributed by atoms with Crippen LogP contribution in [0.3, 0.4) is 0 Å². The topological polar surface area (TPSA) is 81.4 Å². The first-order valence-corrected chi connectivity index (χ1v) is 12.3. The van der Waals surface area contributed by atoms with E-state index >= 15 is 0 Å². The quantitative estimate of drug-likeness (QED) is 0.392. The molecule has 0 spiro atoms. The Kier molecular flexibility index (Phi) is 4.46. The van der Waals surface area contributed by atoms with Crippen LogP contribution in [0.5, 0.6) is 0 Å². The molecular weight excluding hydrogens is 454 g/mol. The van der Waals surface area contributed by atoms with Crippen LogP contribution in [0.15, 0.2) is 76.3 Å². The minimum absolute atomic E-state index is 0.00332. The highest BCUT2D eigenvalue weighted by atomic mass is 16.2. The smallest absolute Gasteiger partial charge is 0.259 e. The van der Waals surface area contributed by atoms with E-state index in [1.165, 1.54) is 4.57 Å². The van der Waals surface area contributed by atoms with Gasteiger partial charge in [-0.05, 0) is 24.5 Å². The summed E-state index contributed by atoms with van der Waals surface area (Å²) in [7, 11) is 0. The number of ketones is 1. The Labute approximate surface area is 206 Å². The van der Waals surface area contributed by atoms with E-state index in [1.54, 1.807) is 36.4 Å². The summed E-state index contributed by atoms with van der Waals surface area (Å²) in [6.07, 6.45) is 0.945. The van der Waals surface area contributed by atoms with Crippen molar-refractivity contribution in [2.45, 2.75) is 25.4 Å². The fourth-order valence-electron chi connectivity index (χ4n) is 6.42. The van der Waals surface area contributed by atoms with Crippen molar-refractivity contribution in [2.75, 3.05) is 13.1 Å². The van der Waals surface area contributed by atoms with Crippen LogP contribution < -0.4 is 11.1 Å². The van der Waals surface area contributed by atoms with Crippen molar-refractivity contribution in [1.29, 1.82) is 0 Å². The number of hydrogen-bond donors (Lipinski definition) is 0. The van der Waals surface area contributed by atoms with E-state index in [1.807, 2.05) is 39.8 Å². The van der Waals surface area contributed by atoms with Crippen LogP contribution >= 0.6 is 0 Å². The third-order valence-electron chi connectivity index (χ3n) is 7.96. The van der Waals surface area contributed by atoms with E-state index < -0.39 is 0 Å². The zero-order valence-electron chi connectivity index (χ0n) is 19.5. The molecule has 2 aromatic carbocycles. The standard InChI is InChI=1S/C29H23N3O4/c33-24-11-5-10-23-18-12-17(14-31(23)24)13-30(15-18)25(34)16-32-27-20-7-2-3-8-21(20)28(35)26(27)19-6-1-4-9-22(19)29(32)36/h1-11,17-18H,12-16H2/t17-,18+/m1/s1. The molecule has 4 aromatic rings. The number of amides is 1. The summed E-state index contributed by atoms with van der Waals surface area (Å²) in [6.45, 7) is 1.53. The third-order valence-corrected chi connectivity index (χ3v) is 7.96. The number of pyridine rings is 2. The van der Waals surface area contributed by atoms with Crippen molar-refractivity contribution in [3.8, 4) is 11.3 Å². The van der Waals surface area contributed by atoms with E-state index in [-0.39, 0.29) is 41.2 Å². The highest BCUT2D eigenvalue weighted by molar-refractivity contribution is 6.26. The molecule has 7 nitrogen and oxygen atoms in total. The van der Waals surface area contributed by atoms with Crippen molar-refractivity contribution in [1.82, 2.24) is 14.0 Å². The normalized spacial score (nSPS) is 19.7. The van der Waals surface area contributed by atoms with E-state index in [9.17, 15) is 19.2 Å². The van der Waals surface area contributed by atoms with Gasteiger partial charge >= 0.3 is 0 Å². The van der Waals surface area contributed by atoms with Crippen molar-refractivity contribution in [3.63, 3.8) is 0 Å². The van der Waals surface area contributed by atoms with Crippen molar-refractivity contribution in [2.24, 2.45) is 5.92 Å². The fraction of sp³-hybridized carbons (Fsp3) is 0.241. The van der Waals surface area contributed by atoms with Gasteiger partial charge in [0.25, 0.3) is 11.1 Å². The van der Waals surface area contributed by atoms with Crippen molar-refractivity contribution >= 4 is 22.5 Å². The van der Waals surface area contributed by atoms with Crippen molar-refractivity contribution in [3.05, 3.63) is 104 Å². The Bertz CT molecular complexity index is 1730. The highest BCUT2D eigenvalue weighted by Gasteiger charge is 2.37.